The Kier molecular flexibility index (Phi) is 5.42. The van der Waals surface area contributed by atoms with Crippen molar-refractivity contribution < 1.29 is 4.52 Å². The predicted molar refractivity (Wildman–Crippen MR) is 63.0 cm³/mol. The summed E-state index contributed by atoms with van der Waals surface area (Å²) in [5.74, 6) is 1.32. The van der Waals surface area contributed by atoms with Crippen LogP contribution in [0.15, 0.2) is 4.52 Å². The van der Waals surface area contributed by atoms with Crippen LogP contribution in [0.5, 0.6) is 0 Å². The first-order valence-corrected chi connectivity index (χ1v) is 5.86. The van der Waals surface area contributed by atoms with Gasteiger partial charge in [0.1, 0.15) is 0 Å². The van der Waals surface area contributed by atoms with E-state index in [-0.39, 0.29) is 6.04 Å². The average Bonchev–Trinajstić information content (AvgIpc) is 2.71. The van der Waals surface area contributed by atoms with Gasteiger partial charge in [-0.3, -0.25) is 0 Å². The van der Waals surface area contributed by atoms with Gasteiger partial charge in [0.2, 0.25) is 5.89 Å². The van der Waals surface area contributed by atoms with E-state index in [4.69, 9.17) is 10.3 Å². The van der Waals surface area contributed by atoms with Crippen LogP contribution in [-0.4, -0.2) is 35.7 Å². The van der Waals surface area contributed by atoms with Gasteiger partial charge in [-0.05, 0) is 20.5 Å². The van der Waals surface area contributed by atoms with Gasteiger partial charge in [0.05, 0.1) is 6.04 Å². The lowest BCUT2D eigenvalue weighted by molar-refractivity contribution is 0.340. The largest absolute Gasteiger partial charge is 0.338 e. The van der Waals surface area contributed by atoms with Gasteiger partial charge >= 0.3 is 0 Å². The minimum atomic E-state index is -0.111. The van der Waals surface area contributed by atoms with E-state index in [1.165, 1.54) is 0 Å². The van der Waals surface area contributed by atoms with E-state index in [1.807, 2.05) is 14.1 Å². The first kappa shape index (κ1) is 13.1. The molecule has 0 saturated carbocycles. The molecule has 0 spiro atoms. The summed E-state index contributed by atoms with van der Waals surface area (Å²) in [4.78, 5) is 6.40. The van der Waals surface area contributed by atoms with Gasteiger partial charge in [-0.1, -0.05) is 24.9 Å². The van der Waals surface area contributed by atoms with Gasteiger partial charge in [0.15, 0.2) is 5.82 Å². The Balaban J connectivity index is 2.43. The number of nitrogens with two attached hydrogens (primary N) is 1. The van der Waals surface area contributed by atoms with Gasteiger partial charge in [-0.15, -0.1) is 0 Å². The predicted octanol–water partition coefficient (Wildman–Crippen LogP) is 1.36. The molecule has 0 saturated heterocycles. The Bertz CT molecular complexity index is 298. The highest BCUT2D eigenvalue weighted by Crippen LogP contribution is 2.14. The van der Waals surface area contributed by atoms with Crippen molar-refractivity contribution in [3.05, 3.63) is 11.7 Å². The van der Waals surface area contributed by atoms with Gasteiger partial charge in [-0.25, -0.2) is 0 Å². The highest BCUT2D eigenvalue weighted by molar-refractivity contribution is 4.92. The van der Waals surface area contributed by atoms with Crippen LogP contribution in [0.3, 0.4) is 0 Å². The smallest absolute Gasteiger partial charge is 0.243 e. The summed E-state index contributed by atoms with van der Waals surface area (Å²) in [7, 11) is 4.04. The number of unbranched alkanes of at least 4 members (excludes halogenated alkanes) is 1. The number of hydrogen-bond donors (Lipinski definition) is 1. The Morgan fingerprint density at radius 2 is 2.19 bits per heavy atom. The molecule has 1 heterocycles. The summed E-state index contributed by atoms with van der Waals surface area (Å²) in [5.41, 5.74) is 5.94. The van der Waals surface area contributed by atoms with Crippen molar-refractivity contribution in [2.45, 2.75) is 38.6 Å². The zero-order valence-electron chi connectivity index (χ0n) is 10.4. The van der Waals surface area contributed by atoms with E-state index in [0.29, 0.717) is 5.89 Å². The number of likely N-dealkylation sites (N-methyl/N-ethyl adjacent to an activating group) is 1. The molecule has 1 atom stereocenters. The van der Waals surface area contributed by atoms with Crippen molar-refractivity contribution in [1.82, 2.24) is 15.0 Å². The molecule has 0 aliphatic carbocycles. The van der Waals surface area contributed by atoms with Crippen LogP contribution < -0.4 is 5.73 Å². The number of nitrogens with zero attached hydrogens (tertiary/aromatic N) is 3. The van der Waals surface area contributed by atoms with E-state index >= 15 is 0 Å². The molecule has 92 valence electrons. The third-order valence-corrected chi connectivity index (χ3v) is 2.45. The highest BCUT2D eigenvalue weighted by Gasteiger charge is 2.13. The van der Waals surface area contributed by atoms with Crippen LogP contribution in [0, 0.1) is 0 Å². The third-order valence-electron chi connectivity index (χ3n) is 2.45. The van der Waals surface area contributed by atoms with E-state index in [1.54, 1.807) is 0 Å². The fraction of sp³-hybridized carbons (Fsp3) is 0.818. The Morgan fingerprint density at radius 3 is 2.81 bits per heavy atom. The van der Waals surface area contributed by atoms with Crippen LogP contribution in [0.2, 0.25) is 0 Å². The number of aromatic nitrogens is 2. The average molecular weight is 226 g/mol. The molecular weight excluding hydrogens is 204 g/mol. The molecule has 5 heteroatoms. The fourth-order valence-electron chi connectivity index (χ4n) is 1.39. The monoisotopic (exact) mass is 226 g/mol. The second kappa shape index (κ2) is 6.60. The van der Waals surface area contributed by atoms with Gasteiger partial charge in [-0.2, -0.15) is 4.98 Å². The Labute approximate surface area is 97.0 Å². The minimum Gasteiger partial charge on any atom is -0.338 e. The van der Waals surface area contributed by atoms with Crippen molar-refractivity contribution in [2.24, 2.45) is 5.73 Å². The van der Waals surface area contributed by atoms with Crippen LogP contribution in [0.4, 0.5) is 0 Å². The summed E-state index contributed by atoms with van der Waals surface area (Å²) in [6.45, 7) is 3.06. The summed E-state index contributed by atoms with van der Waals surface area (Å²) < 4.78 is 5.15. The SMILES string of the molecule is CCCCC(N)c1nc(CCN(C)C)no1. The number of rotatable bonds is 7. The van der Waals surface area contributed by atoms with Crippen LogP contribution in [0.25, 0.3) is 0 Å². The highest BCUT2D eigenvalue weighted by atomic mass is 16.5. The fourth-order valence-corrected chi connectivity index (χ4v) is 1.39. The van der Waals surface area contributed by atoms with E-state index in [0.717, 1.165) is 38.1 Å². The second-order valence-electron chi connectivity index (χ2n) is 4.35. The third kappa shape index (κ3) is 4.28. The minimum absolute atomic E-state index is 0.111. The van der Waals surface area contributed by atoms with Gasteiger partial charge in [0.25, 0.3) is 0 Å². The normalized spacial score (nSPS) is 13.3. The molecule has 0 amide bonds. The topological polar surface area (TPSA) is 68.2 Å². The zero-order chi connectivity index (χ0) is 12.0. The Morgan fingerprint density at radius 1 is 1.44 bits per heavy atom. The van der Waals surface area contributed by atoms with Crippen molar-refractivity contribution in [1.29, 1.82) is 0 Å². The van der Waals surface area contributed by atoms with Crippen LogP contribution >= 0.6 is 0 Å². The molecule has 1 rings (SSSR count). The summed E-state index contributed by atoms with van der Waals surface area (Å²) in [6.07, 6.45) is 3.94. The second-order valence-corrected chi connectivity index (χ2v) is 4.35. The molecule has 1 aromatic heterocycles. The summed E-state index contributed by atoms with van der Waals surface area (Å²) >= 11 is 0. The molecule has 0 aliphatic rings. The molecule has 0 aromatic carbocycles. The van der Waals surface area contributed by atoms with E-state index in [2.05, 4.69) is 22.0 Å². The molecule has 2 N–H and O–H groups in total. The first-order chi connectivity index (χ1) is 7.63. The van der Waals surface area contributed by atoms with Crippen molar-refractivity contribution in [3.8, 4) is 0 Å². The Hall–Kier alpha value is -0.940. The molecule has 5 nitrogen and oxygen atoms in total. The van der Waals surface area contributed by atoms with E-state index < -0.39 is 0 Å². The van der Waals surface area contributed by atoms with E-state index in [9.17, 15) is 0 Å². The van der Waals surface area contributed by atoms with Gasteiger partial charge < -0.3 is 15.2 Å². The maximum atomic E-state index is 5.94. The quantitative estimate of drug-likeness (QED) is 0.760. The van der Waals surface area contributed by atoms with Crippen LogP contribution in [-0.2, 0) is 6.42 Å². The van der Waals surface area contributed by atoms with Crippen molar-refractivity contribution >= 4 is 0 Å². The maximum Gasteiger partial charge on any atom is 0.243 e. The standard InChI is InChI=1S/C11H22N4O/c1-4-5-6-9(12)11-13-10(14-16-11)7-8-15(2)3/h9H,4-8,12H2,1-3H3. The zero-order valence-corrected chi connectivity index (χ0v) is 10.4. The molecule has 0 fully saturated rings. The summed E-state index contributed by atoms with van der Waals surface area (Å²) in [5, 5.41) is 3.92. The summed E-state index contributed by atoms with van der Waals surface area (Å²) in [6, 6.07) is -0.111. The molecule has 1 aromatic rings. The van der Waals surface area contributed by atoms with Crippen LogP contribution in [0.1, 0.15) is 43.9 Å². The lowest BCUT2D eigenvalue weighted by atomic mass is 10.1. The van der Waals surface area contributed by atoms with Crippen molar-refractivity contribution in [2.75, 3.05) is 20.6 Å². The molecule has 0 bridgehead atoms. The molecule has 16 heavy (non-hydrogen) atoms. The molecule has 0 radical (unpaired) electrons. The molecule has 1 unspecified atom stereocenters. The maximum absolute atomic E-state index is 5.94. The first-order valence-electron chi connectivity index (χ1n) is 5.86. The molecule has 0 aliphatic heterocycles. The lowest BCUT2D eigenvalue weighted by Crippen LogP contribution is -2.16. The molecular formula is C11H22N4O. The number of hydrogen-bond acceptors (Lipinski definition) is 5. The van der Waals surface area contributed by atoms with Crippen molar-refractivity contribution in [3.63, 3.8) is 0 Å². The van der Waals surface area contributed by atoms with Gasteiger partial charge in [0, 0.05) is 13.0 Å². The lowest BCUT2D eigenvalue weighted by Gasteiger charge is -2.06.